The minimum Gasteiger partial charge on any atom is -0.192 e. The number of hydrogen-bond donors (Lipinski definition) is 0. The van der Waals surface area contributed by atoms with E-state index >= 15 is 0 Å². The maximum Gasteiger partial charge on any atom is 0.0992 e. The van der Waals surface area contributed by atoms with Gasteiger partial charge in [0.1, 0.15) is 0 Å². The number of thioether (sulfide) groups is 1. The SMILES string of the molecule is CC(C)Sc1cccc(C#N)c1. The van der Waals surface area contributed by atoms with Gasteiger partial charge in [0, 0.05) is 10.1 Å². The summed E-state index contributed by atoms with van der Waals surface area (Å²) in [6.45, 7) is 4.29. The lowest BCUT2D eigenvalue weighted by molar-refractivity contribution is 1.11. The molecule has 0 unspecified atom stereocenters. The van der Waals surface area contributed by atoms with Crippen molar-refractivity contribution in [2.75, 3.05) is 0 Å². The van der Waals surface area contributed by atoms with Gasteiger partial charge in [-0.25, -0.2) is 0 Å². The van der Waals surface area contributed by atoms with Gasteiger partial charge in [0.25, 0.3) is 0 Å². The summed E-state index contributed by atoms with van der Waals surface area (Å²) in [6, 6.07) is 9.83. The van der Waals surface area contributed by atoms with Gasteiger partial charge in [-0.3, -0.25) is 0 Å². The van der Waals surface area contributed by atoms with Crippen LogP contribution in [0.1, 0.15) is 19.4 Å². The third kappa shape index (κ3) is 2.60. The highest BCUT2D eigenvalue weighted by atomic mass is 32.2. The van der Waals surface area contributed by atoms with Crippen LogP contribution in [-0.4, -0.2) is 5.25 Å². The fourth-order valence-electron chi connectivity index (χ4n) is 0.911. The highest BCUT2D eigenvalue weighted by Gasteiger charge is 1.98. The molecule has 0 amide bonds. The van der Waals surface area contributed by atoms with Crippen LogP contribution in [0, 0.1) is 11.3 Å². The van der Waals surface area contributed by atoms with Crippen LogP contribution in [0.25, 0.3) is 0 Å². The summed E-state index contributed by atoms with van der Waals surface area (Å²) in [6.07, 6.45) is 0. The summed E-state index contributed by atoms with van der Waals surface area (Å²) in [5, 5.41) is 9.21. The summed E-state index contributed by atoms with van der Waals surface area (Å²) in [5.41, 5.74) is 0.737. The van der Waals surface area contributed by atoms with Crippen molar-refractivity contribution in [3.63, 3.8) is 0 Å². The summed E-state index contributed by atoms with van der Waals surface area (Å²) in [7, 11) is 0. The van der Waals surface area contributed by atoms with E-state index in [2.05, 4.69) is 19.9 Å². The Labute approximate surface area is 77.4 Å². The summed E-state index contributed by atoms with van der Waals surface area (Å²) in [4.78, 5) is 1.17. The first-order valence-corrected chi connectivity index (χ1v) is 4.77. The van der Waals surface area contributed by atoms with E-state index in [-0.39, 0.29) is 0 Å². The molecule has 1 aromatic carbocycles. The van der Waals surface area contributed by atoms with Crippen molar-refractivity contribution in [1.29, 1.82) is 5.26 Å². The van der Waals surface area contributed by atoms with E-state index < -0.39 is 0 Å². The molecule has 0 aliphatic rings. The average Bonchev–Trinajstić information content (AvgIpc) is 2.03. The van der Waals surface area contributed by atoms with Crippen molar-refractivity contribution in [2.24, 2.45) is 0 Å². The zero-order chi connectivity index (χ0) is 8.97. The van der Waals surface area contributed by atoms with E-state index in [4.69, 9.17) is 5.26 Å². The van der Waals surface area contributed by atoms with Gasteiger partial charge in [-0.1, -0.05) is 19.9 Å². The van der Waals surface area contributed by atoms with Gasteiger partial charge in [0.2, 0.25) is 0 Å². The standard InChI is InChI=1S/C10H11NS/c1-8(2)12-10-5-3-4-9(6-10)7-11/h3-6,8H,1-2H3. The fourth-order valence-corrected chi connectivity index (χ4v) is 1.81. The first-order chi connectivity index (χ1) is 5.72. The quantitative estimate of drug-likeness (QED) is 0.648. The van der Waals surface area contributed by atoms with E-state index in [1.54, 1.807) is 11.8 Å². The Kier molecular flexibility index (Phi) is 3.19. The topological polar surface area (TPSA) is 23.8 Å². The molecular formula is C10H11NS. The maximum absolute atomic E-state index is 8.64. The average molecular weight is 177 g/mol. The molecule has 0 saturated carbocycles. The lowest BCUT2D eigenvalue weighted by atomic mass is 10.2. The monoisotopic (exact) mass is 177 g/mol. The first kappa shape index (κ1) is 9.15. The van der Waals surface area contributed by atoms with Gasteiger partial charge in [-0.15, -0.1) is 11.8 Å². The molecule has 1 aromatic rings. The molecule has 0 heterocycles. The molecule has 0 aromatic heterocycles. The van der Waals surface area contributed by atoms with Crippen LogP contribution in [0.15, 0.2) is 29.2 Å². The summed E-state index contributed by atoms with van der Waals surface area (Å²) in [5.74, 6) is 0. The van der Waals surface area contributed by atoms with E-state index in [1.807, 2.05) is 24.3 Å². The van der Waals surface area contributed by atoms with Crippen LogP contribution in [0.2, 0.25) is 0 Å². The second-order valence-corrected chi connectivity index (χ2v) is 4.46. The van der Waals surface area contributed by atoms with Crippen molar-refractivity contribution in [1.82, 2.24) is 0 Å². The highest BCUT2D eigenvalue weighted by molar-refractivity contribution is 7.99. The number of nitriles is 1. The second-order valence-electron chi connectivity index (χ2n) is 2.81. The van der Waals surface area contributed by atoms with Crippen molar-refractivity contribution in [3.05, 3.63) is 29.8 Å². The molecule has 0 saturated heterocycles. The third-order valence-electron chi connectivity index (χ3n) is 1.33. The van der Waals surface area contributed by atoms with E-state index in [0.29, 0.717) is 5.25 Å². The lowest BCUT2D eigenvalue weighted by Crippen LogP contribution is -1.85. The van der Waals surface area contributed by atoms with E-state index in [9.17, 15) is 0 Å². The smallest absolute Gasteiger partial charge is 0.0992 e. The summed E-state index contributed by atoms with van der Waals surface area (Å²) >= 11 is 1.78. The Hall–Kier alpha value is -0.940. The van der Waals surface area contributed by atoms with Crippen LogP contribution >= 0.6 is 11.8 Å². The predicted molar refractivity (Wildman–Crippen MR) is 52.2 cm³/mol. The Balaban J connectivity index is 2.81. The second kappa shape index (κ2) is 4.18. The molecule has 12 heavy (non-hydrogen) atoms. The van der Waals surface area contributed by atoms with Crippen LogP contribution in [0.5, 0.6) is 0 Å². The third-order valence-corrected chi connectivity index (χ3v) is 2.33. The first-order valence-electron chi connectivity index (χ1n) is 3.89. The van der Waals surface area contributed by atoms with Crippen LogP contribution in [0.4, 0.5) is 0 Å². The van der Waals surface area contributed by atoms with Crippen molar-refractivity contribution in [2.45, 2.75) is 24.0 Å². The predicted octanol–water partition coefficient (Wildman–Crippen LogP) is 3.06. The normalized spacial score (nSPS) is 9.83. The number of benzene rings is 1. The van der Waals surface area contributed by atoms with Gasteiger partial charge in [-0.05, 0) is 18.2 Å². The van der Waals surface area contributed by atoms with Crippen LogP contribution < -0.4 is 0 Å². The van der Waals surface area contributed by atoms with Crippen molar-refractivity contribution >= 4 is 11.8 Å². The molecule has 2 heteroatoms. The molecule has 0 bridgehead atoms. The highest BCUT2D eigenvalue weighted by Crippen LogP contribution is 2.22. The number of nitrogens with zero attached hydrogens (tertiary/aromatic N) is 1. The number of rotatable bonds is 2. The van der Waals surface area contributed by atoms with Gasteiger partial charge in [-0.2, -0.15) is 5.26 Å². The molecule has 1 nitrogen and oxygen atoms in total. The van der Waals surface area contributed by atoms with Crippen LogP contribution in [0.3, 0.4) is 0 Å². The molecule has 0 radical (unpaired) electrons. The lowest BCUT2D eigenvalue weighted by Gasteiger charge is -2.03. The van der Waals surface area contributed by atoms with Gasteiger partial charge in [0.05, 0.1) is 11.6 Å². The van der Waals surface area contributed by atoms with Gasteiger partial charge < -0.3 is 0 Å². The largest absolute Gasteiger partial charge is 0.192 e. The summed E-state index contributed by atoms with van der Waals surface area (Å²) < 4.78 is 0. The molecule has 0 aliphatic heterocycles. The Morgan fingerprint density at radius 2 is 2.17 bits per heavy atom. The Morgan fingerprint density at radius 1 is 1.42 bits per heavy atom. The molecule has 62 valence electrons. The Bertz CT molecular complexity index is 299. The zero-order valence-corrected chi connectivity index (χ0v) is 8.06. The fraction of sp³-hybridized carbons (Fsp3) is 0.300. The van der Waals surface area contributed by atoms with E-state index in [0.717, 1.165) is 5.56 Å². The molecular weight excluding hydrogens is 166 g/mol. The minimum absolute atomic E-state index is 0.568. The molecule has 0 fully saturated rings. The molecule has 0 spiro atoms. The van der Waals surface area contributed by atoms with Crippen LogP contribution in [-0.2, 0) is 0 Å². The number of hydrogen-bond acceptors (Lipinski definition) is 2. The van der Waals surface area contributed by atoms with E-state index in [1.165, 1.54) is 4.90 Å². The Morgan fingerprint density at radius 3 is 2.75 bits per heavy atom. The van der Waals surface area contributed by atoms with Gasteiger partial charge in [0.15, 0.2) is 0 Å². The minimum atomic E-state index is 0.568. The molecule has 0 atom stereocenters. The zero-order valence-electron chi connectivity index (χ0n) is 7.24. The molecule has 1 rings (SSSR count). The van der Waals surface area contributed by atoms with Crippen molar-refractivity contribution in [3.8, 4) is 6.07 Å². The van der Waals surface area contributed by atoms with Gasteiger partial charge >= 0.3 is 0 Å². The maximum atomic E-state index is 8.64. The molecule has 0 N–H and O–H groups in total. The van der Waals surface area contributed by atoms with Crippen molar-refractivity contribution < 1.29 is 0 Å². The molecule has 0 aliphatic carbocycles.